The van der Waals surface area contributed by atoms with Crippen LogP contribution in [0.2, 0.25) is 0 Å². The summed E-state index contributed by atoms with van der Waals surface area (Å²) in [6.07, 6.45) is 1.79. The summed E-state index contributed by atoms with van der Waals surface area (Å²) in [5.74, 6) is 0.0566. The Morgan fingerprint density at radius 1 is 1.03 bits per heavy atom. The number of benzene rings is 3. The van der Waals surface area contributed by atoms with E-state index in [1.54, 1.807) is 24.3 Å². The van der Waals surface area contributed by atoms with Gasteiger partial charge in [-0.1, -0.05) is 64.2 Å². The Balaban J connectivity index is 1.56. The monoisotopic (exact) mass is 655 g/mol. The molecular formula is C23H13Br3FNO2S2. The van der Waals surface area contributed by atoms with Crippen LogP contribution in [0.5, 0.6) is 5.75 Å². The van der Waals surface area contributed by atoms with Crippen molar-refractivity contribution in [2.24, 2.45) is 0 Å². The van der Waals surface area contributed by atoms with E-state index in [4.69, 9.17) is 17.0 Å². The van der Waals surface area contributed by atoms with Crippen LogP contribution in [0.1, 0.15) is 11.1 Å². The molecule has 4 rings (SSSR count). The van der Waals surface area contributed by atoms with E-state index in [0.29, 0.717) is 35.2 Å². The largest absolute Gasteiger partial charge is 0.486 e. The first-order chi connectivity index (χ1) is 15.3. The van der Waals surface area contributed by atoms with Crippen LogP contribution in [-0.2, 0) is 11.4 Å². The maximum Gasteiger partial charge on any atom is 0.270 e. The van der Waals surface area contributed by atoms with Crippen molar-refractivity contribution >= 4 is 93.8 Å². The molecule has 0 unspecified atom stereocenters. The molecule has 0 atom stereocenters. The Kier molecular flexibility index (Phi) is 7.51. The van der Waals surface area contributed by atoms with Gasteiger partial charge >= 0.3 is 0 Å². The topological polar surface area (TPSA) is 29.5 Å². The number of halogens is 4. The molecule has 9 heteroatoms. The number of thioether (sulfide) groups is 1. The summed E-state index contributed by atoms with van der Waals surface area (Å²) in [6.45, 7) is 0.0918. The van der Waals surface area contributed by atoms with Gasteiger partial charge in [-0.2, -0.15) is 0 Å². The molecule has 0 radical (unpaired) electrons. The van der Waals surface area contributed by atoms with Gasteiger partial charge in [-0.15, -0.1) is 0 Å². The maximum absolute atomic E-state index is 13.9. The molecule has 0 N–H and O–H groups in total. The van der Waals surface area contributed by atoms with Gasteiger partial charge in [0.15, 0.2) is 4.32 Å². The van der Waals surface area contributed by atoms with Gasteiger partial charge in [0.2, 0.25) is 0 Å². The molecule has 3 aromatic carbocycles. The average Bonchev–Trinajstić information content (AvgIpc) is 3.01. The minimum atomic E-state index is -0.316. The van der Waals surface area contributed by atoms with Crippen molar-refractivity contribution in [3.8, 4) is 5.75 Å². The number of hydrogen-bond acceptors (Lipinski definition) is 4. The van der Waals surface area contributed by atoms with Crippen molar-refractivity contribution < 1.29 is 13.9 Å². The Labute approximate surface area is 219 Å². The predicted molar refractivity (Wildman–Crippen MR) is 142 cm³/mol. The van der Waals surface area contributed by atoms with Crippen LogP contribution in [-0.4, -0.2) is 10.2 Å². The third-order valence-electron chi connectivity index (χ3n) is 4.51. The summed E-state index contributed by atoms with van der Waals surface area (Å²) in [7, 11) is 0. The lowest BCUT2D eigenvalue weighted by Gasteiger charge is -2.14. The summed E-state index contributed by atoms with van der Waals surface area (Å²) in [4.78, 5) is 15.1. The van der Waals surface area contributed by atoms with Gasteiger partial charge in [-0.05, 0) is 79.9 Å². The van der Waals surface area contributed by atoms with Gasteiger partial charge in [-0.25, -0.2) is 4.39 Å². The molecule has 0 spiro atoms. The van der Waals surface area contributed by atoms with Crippen LogP contribution in [0.3, 0.4) is 0 Å². The molecule has 0 saturated carbocycles. The number of amides is 1. The van der Waals surface area contributed by atoms with E-state index in [0.717, 1.165) is 10.0 Å². The summed E-state index contributed by atoms with van der Waals surface area (Å²) < 4.78 is 22.4. The molecular weight excluding hydrogens is 645 g/mol. The Hall–Kier alpha value is -1.52. The lowest BCUT2D eigenvalue weighted by Crippen LogP contribution is -2.27. The highest BCUT2D eigenvalue weighted by Crippen LogP contribution is 2.39. The number of rotatable bonds is 5. The third-order valence-corrected chi connectivity index (χ3v) is 7.48. The van der Waals surface area contributed by atoms with E-state index in [1.807, 2.05) is 36.4 Å². The lowest BCUT2D eigenvalue weighted by atomic mass is 10.2. The van der Waals surface area contributed by atoms with Crippen LogP contribution < -0.4 is 9.64 Å². The van der Waals surface area contributed by atoms with Crippen molar-refractivity contribution in [2.75, 3.05) is 4.90 Å². The van der Waals surface area contributed by atoms with Crippen LogP contribution in [0.15, 0.2) is 79.0 Å². The zero-order chi connectivity index (χ0) is 22.8. The van der Waals surface area contributed by atoms with Crippen LogP contribution in [0, 0.1) is 5.82 Å². The van der Waals surface area contributed by atoms with Crippen molar-refractivity contribution in [1.82, 2.24) is 0 Å². The van der Waals surface area contributed by atoms with E-state index in [1.165, 1.54) is 22.7 Å². The molecule has 0 aromatic heterocycles. The number of ether oxygens (including phenoxy) is 1. The fraction of sp³-hybridized carbons (Fsp3) is 0.0435. The van der Waals surface area contributed by atoms with E-state index in [2.05, 4.69) is 47.8 Å². The summed E-state index contributed by atoms with van der Waals surface area (Å²) in [5.41, 5.74) is 1.97. The zero-order valence-corrected chi connectivity index (χ0v) is 22.5. The van der Waals surface area contributed by atoms with Crippen molar-refractivity contribution in [3.63, 3.8) is 0 Å². The number of carbonyl (C=O) groups excluding carboxylic acids is 1. The minimum absolute atomic E-state index is 0.0918. The number of thiocarbonyl (C=S) groups is 1. The van der Waals surface area contributed by atoms with Crippen LogP contribution in [0.4, 0.5) is 10.1 Å². The summed E-state index contributed by atoms with van der Waals surface area (Å²) in [6, 6.07) is 17.6. The highest BCUT2D eigenvalue weighted by molar-refractivity contribution is 9.11. The lowest BCUT2D eigenvalue weighted by molar-refractivity contribution is -0.113. The molecule has 1 aliphatic heterocycles. The summed E-state index contributed by atoms with van der Waals surface area (Å²) in [5, 5.41) is 0. The highest BCUT2D eigenvalue weighted by Gasteiger charge is 2.33. The smallest absolute Gasteiger partial charge is 0.270 e. The van der Waals surface area contributed by atoms with Crippen molar-refractivity contribution in [3.05, 3.63) is 95.9 Å². The molecule has 3 nitrogen and oxygen atoms in total. The van der Waals surface area contributed by atoms with E-state index < -0.39 is 0 Å². The molecule has 1 heterocycles. The van der Waals surface area contributed by atoms with Crippen LogP contribution >= 0.6 is 71.8 Å². The molecule has 3 aromatic rings. The van der Waals surface area contributed by atoms with Gasteiger partial charge in [-0.3, -0.25) is 9.69 Å². The van der Waals surface area contributed by atoms with Gasteiger partial charge in [0.05, 0.1) is 19.5 Å². The van der Waals surface area contributed by atoms with Gasteiger partial charge in [0, 0.05) is 10.0 Å². The van der Waals surface area contributed by atoms with E-state index >= 15 is 0 Å². The minimum Gasteiger partial charge on any atom is -0.486 e. The Bertz CT molecular complexity index is 1240. The normalized spacial score (nSPS) is 15.0. The number of anilines is 1. The van der Waals surface area contributed by atoms with Crippen molar-refractivity contribution in [2.45, 2.75) is 6.61 Å². The fourth-order valence-corrected chi connectivity index (χ4v) is 6.16. The standard InChI is InChI=1S/C23H13Br3FNO2S2/c24-15-5-3-6-16(11-15)28-22(29)20(32-23(28)31)10-13-8-17(25)21(18(26)9-13)30-12-14-4-1-2-7-19(14)27/h1-11H,12H2/b20-10+. The molecule has 1 fully saturated rings. The predicted octanol–water partition coefficient (Wildman–Crippen LogP) is 8.10. The SMILES string of the molecule is O=C1/C(=C\c2cc(Br)c(OCc3ccccc3F)c(Br)c2)SC(=S)N1c1cccc(Br)c1. The number of carbonyl (C=O) groups is 1. The molecule has 32 heavy (non-hydrogen) atoms. The van der Waals surface area contributed by atoms with Gasteiger partial charge < -0.3 is 4.74 Å². The number of nitrogens with zero attached hydrogens (tertiary/aromatic N) is 1. The second-order valence-electron chi connectivity index (χ2n) is 6.69. The van der Waals surface area contributed by atoms with Crippen molar-refractivity contribution in [1.29, 1.82) is 0 Å². The second-order valence-corrected chi connectivity index (χ2v) is 11.0. The number of hydrogen-bond donors (Lipinski definition) is 0. The maximum atomic E-state index is 13.9. The van der Waals surface area contributed by atoms with Gasteiger partial charge in [0.1, 0.15) is 18.2 Å². The molecule has 1 saturated heterocycles. The Morgan fingerprint density at radius 2 is 1.75 bits per heavy atom. The van der Waals surface area contributed by atoms with Gasteiger partial charge in [0.25, 0.3) is 5.91 Å². The first kappa shape index (κ1) is 23.6. The van der Waals surface area contributed by atoms with E-state index in [9.17, 15) is 9.18 Å². The average molecular weight is 658 g/mol. The second kappa shape index (κ2) is 10.2. The quantitative estimate of drug-likeness (QED) is 0.205. The van der Waals surface area contributed by atoms with Crippen LogP contribution in [0.25, 0.3) is 6.08 Å². The Morgan fingerprint density at radius 3 is 2.44 bits per heavy atom. The molecule has 0 aliphatic carbocycles. The third kappa shape index (κ3) is 5.17. The fourth-order valence-electron chi connectivity index (χ4n) is 3.02. The van der Waals surface area contributed by atoms with E-state index in [-0.39, 0.29) is 18.3 Å². The molecule has 0 bridgehead atoms. The first-order valence-corrected chi connectivity index (χ1v) is 12.8. The molecule has 1 amide bonds. The highest BCUT2D eigenvalue weighted by atomic mass is 79.9. The molecule has 162 valence electrons. The first-order valence-electron chi connectivity index (χ1n) is 9.22. The summed E-state index contributed by atoms with van der Waals surface area (Å²) >= 11 is 17.1. The molecule has 1 aliphatic rings. The zero-order valence-electron chi connectivity index (χ0n) is 16.2.